The molecule has 11 aromatic rings. The highest BCUT2D eigenvalue weighted by atomic mass is 32.1. The van der Waals surface area contributed by atoms with Gasteiger partial charge in [0.05, 0.1) is 0 Å². The van der Waals surface area contributed by atoms with E-state index >= 15 is 0 Å². The van der Waals surface area contributed by atoms with Crippen LogP contribution in [0.5, 0.6) is 0 Å². The number of aromatic nitrogens is 3. The molecule has 0 saturated heterocycles. The first-order valence-corrected chi connectivity index (χ1v) is 20.0. The summed E-state index contributed by atoms with van der Waals surface area (Å²) in [6.07, 6.45) is 0. The number of benzene rings is 9. The lowest BCUT2D eigenvalue weighted by Gasteiger charge is -2.19. The maximum atomic E-state index is 5.40. The van der Waals surface area contributed by atoms with Crippen molar-refractivity contribution in [1.82, 2.24) is 15.0 Å². The fourth-order valence-electron chi connectivity index (χ4n) is 8.37. The Labute approximate surface area is 334 Å². The van der Waals surface area contributed by atoms with Crippen LogP contribution in [0.15, 0.2) is 200 Å². The Kier molecular flexibility index (Phi) is 8.01. The molecule has 0 atom stereocenters. The van der Waals surface area contributed by atoms with Crippen LogP contribution in [-0.2, 0) is 0 Å². The first-order chi connectivity index (χ1) is 28.3. The SMILES string of the molecule is c1ccc(-c2cccc(-c3nc(-c4ccccc4-c4c5ccccc5c(-c5ccccc5)c5ccccc45)nc(-c4cccc5c4sc4ccccc45)n3)c2)cc1. The highest BCUT2D eigenvalue weighted by Gasteiger charge is 2.22. The van der Waals surface area contributed by atoms with Crippen LogP contribution in [0.2, 0.25) is 0 Å². The first-order valence-electron chi connectivity index (χ1n) is 19.2. The summed E-state index contributed by atoms with van der Waals surface area (Å²) in [5.74, 6) is 1.92. The van der Waals surface area contributed by atoms with Crippen molar-refractivity contribution in [3.8, 4) is 67.5 Å². The lowest BCUT2D eigenvalue weighted by Crippen LogP contribution is -2.01. The van der Waals surface area contributed by atoms with E-state index in [0.717, 1.165) is 38.9 Å². The van der Waals surface area contributed by atoms with Crippen molar-refractivity contribution in [1.29, 1.82) is 0 Å². The summed E-state index contributed by atoms with van der Waals surface area (Å²) in [6, 6.07) is 71.0. The molecule has 0 aliphatic rings. The van der Waals surface area contributed by atoms with Gasteiger partial charge in [-0.1, -0.05) is 182 Å². The van der Waals surface area contributed by atoms with Crippen molar-refractivity contribution in [2.75, 3.05) is 0 Å². The number of hydrogen-bond acceptors (Lipinski definition) is 4. The second-order valence-corrected chi connectivity index (χ2v) is 15.3. The third-order valence-corrected chi connectivity index (χ3v) is 12.2. The number of hydrogen-bond donors (Lipinski definition) is 0. The van der Waals surface area contributed by atoms with Gasteiger partial charge in [0.25, 0.3) is 0 Å². The molecule has 9 aromatic carbocycles. The largest absolute Gasteiger partial charge is 0.208 e. The lowest BCUT2D eigenvalue weighted by molar-refractivity contribution is 1.08. The van der Waals surface area contributed by atoms with Crippen LogP contribution in [0.4, 0.5) is 0 Å². The Morgan fingerprint density at radius 3 is 1.44 bits per heavy atom. The van der Waals surface area contributed by atoms with Gasteiger partial charge in [-0.15, -0.1) is 11.3 Å². The van der Waals surface area contributed by atoms with Gasteiger partial charge in [0.1, 0.15) is 0 Å². The van der Waals surface area contributed by atoms with E-state index in [1.807, 2.05) is 6.07 Å². The standard InChI is InChI=1S/C53H33N3S/c1-3-17-34(18-4-1)36-21-15-22-37(33-36)51-54-52(56-53(55-51)46-31-16-30-44-38-23-13-14-32-47(38)57-50(44)46)45-29-12-11-28-43(45)49-41-26-9-7-24-39(41)48(35-19-5-2-6-20-35)40-25-8-10-27-42(40)49/h1-33H. The van der Waals surface area contributed by atoms with E-state index in [4.69, 9.17) is 15.0 Å². The van der Waals surface area contributed by atoms with Crippen LogP contribution in [0.3, 0.4) is 0 Å². The number of fused-ring (bicyclic) bond motifs is 5. The maximum Gasteiger partial charge on any atom is 0.165 e. The van der Waals surface area contributed by atoms with Crippen LogP contribution >= 0.6 is 11.3 Å². The van der Waals surface area contributed by atoms with Crippen molar-refractivity contribution >= 4 is 53.1 Å². The highest BCUT2D eigenvalue weighted by Crippen LogP contribution is 2.46. The summed E-state index contributed by atoms with van der Waals surface area (Å²) in [5, 5.41) is 7.23. The lowest BCUT2D eigenvalue weighted by atomic mass is 9.84. The van der Waals surface area contributed by atoms with E-state index in [2.05, 4.69) is 194 Å². The van der Waals surface area contributed by atoms with Crippen molar-refractivity contribution in [3.63, 3.8) is 0 Å². The summed E-state index contributed by atoms with van der Waals surface area (Å²) in [5.41, 5.74) is 9.82. The first kappa shape index (κ1) is 33.1. The molecule has 4 heteroatoms. The smallest absolute Gasteiger partial charge is 0.165 e. The Bertz CT molecular complexity index is 3240. The molecule has 0 aliphatic heterocycles. The van der Waals surface area contributed by atoms with Crippen molar-refractivity contribution in [2.45, 2.75) is 0 Å². The molecule has 266 valence electrons. The van der Waals surface area contributed by atoms with Crippen LogP contribution in [-0.4, -0.2) is 15.0 Å². The van der Waals surface area contributed by atoms with Gasteiger partial charge in [0.15, 0.2) is 17.5 Å². The van der Waals surface area contributed by atoms with Gasteiger partial charge >= 0.3 is 0 Å². The fourth-order valence-corrected chi connectivity index (χ4v) is 9.58. The molecule has 0 bridgehead atoms. The molecule has 0 radical (unpaired) electrons. The van der Waals surface area contributed by atoms with Gasteiger partial charge < -0.3 is 0 Å². The van der Waals surface area contributed by atoms with Gasteiger partial charge in [-0.3, -0.25) is 0 Å². The predicted octanol–water partition coefficient (Wildman–Crippen LogP) is 14.5. The highest BCUT2D eigenvalue weighted by molar-refractivity contribution is 7.26. The zero-order chi connectivity index (χ0) is 37.7. The zero-order valence-corrected chi connectivity index (χ0v) is 31.6. The van der Waals surface area contributed by atoms with Crippen LogP contribution in [0.25, 0.3) is 109 Å². The van der Waals surface area contributed by atoms with E-state index in [0.29, 0.717) is 17.5 Å². The van der Waals surface area contributed by atoms with E-state index in [1.54, 1.807) is 11.3 Å². The molecule has 0 amide bonds. The average molecular weight is 744 g/mol. The van der Waals surface area contributed by atoms with Gasteiger partial charge in [-0.25, -0.2) is 15.0 Å². The minimum atomic E-state index is 0.633. The summed E-state index contributed by atoms with van der Waals surface area (Å²) < 4.78 is 2.41. The molecule has 57 heavy (non-hydrogen) atoms. The minimum Gasteiger partial charge on any atom is -0.208 e. The molecule has 0 fully saturated rings. The molecule has 3 nitrogen and oxygen atoms in total. The fraction of sp³-hybridized carbons (Fsp3) is 0. The number of nitrogens with zero attached hydrogens (tertiary/aromatic N) is 3. The molecule has 0 unspecified atom stereocenters. The van der Waals surface area contributed by atoms with E-state index in [9.17, 15) is 0 Å². The van der Waals surface area contributed by atoms with Crippen molar-refractivity contribution in [3.05, 3.63) is 200 Å². The van der Waals surface area contributed by atoms with Crippen molar-refractivity contribution < 1.29 is 0 Å². The van der Waals surface area contributed by atoms with Gasteiger partial charge in [0.2, 0.25) is 0 Å². The third-order valence-electron chi connectivity index (χ3n) is 10.9. The van der Waals surface area contributed by atoms with Gasteiger partial charge in [-0.2, -0.15) is 0 Å². The molecule has 0 aliphatic carbocycles. The number of thiophene rings is 1. The average Bonchev–Trinajstić information content (AvgIpc) is 3.68. The maximum absolute atomic E-state index is 5.40. The summed E-state index contributed by atoms with van der Waals surface area (Å²) in [4.78, 5) is 16.0. The number of rotatable bonds is 6. The third kappa shape index (κ3) is 5.69. The van der Waals surface area contributed by atoms with Crippen LogP contribution in [0, 0.1) is 0 Å². The minimum absolute atomic E-state index is 0.633. The normalized spacial score (nSPS) is 11.5. The molecule has 0 saturated carbocycles. The molecule has 0 spiro atoms. The second-order valence-electron chi connectivity index (χ2n) is 14.3. The van der Waals surface area contributed by atoms with Gasteiger partial charge in [-0.05, 0) is 73.1 Å². The summed E-state index contributed by atoms with van der Waals surface area (Å²) in [7, 11) is 0. The molecule has 2 aromatic heterocycles. The zero-order valence-electron chi connectivity index (χ0n) is 30.8. The molecule has 2 heterocycles. The van der Waals surface area contributed by atoms with Crippen molar-refractivity contribution in [2.24, 2.45) is 0 Å². The molecule has 11 rings (SSSR count). The van der Waals surface area contributed by atoms with E-state index < -0.39 is 0 Å². The quantitative estimate of drug-likeness (QED) is 0.159. The Morgan fingerprint density at radius 1 is 0.281 bits per heavy atom. The molecular weight excluding hydrogens is 711 g/mol. The molecule has 0 N–H and O–H groups in total. The van der Waals surface area contributed by atoms with E-state index in [1.165, 1.54) is 52.8 Å². The van der Waals surface area contributed by atoms with Crippen LogP contribution < -0.4 is 0 Å². The monoisotopic (exact) mass is 743 g/mol. The topological polar surface area (TPSA) is 38.7 Å². The Hall–Kier alpha value is -7.27. The molecular formula is C53H33N3S. The summed E-state index contributed by atoms with van der Waals surface area (Å²) >= 11 is 1.79. The Balaban J connectivity index is 1.19. The second kappa shape index (κ2) is 13.8. The van der Waals surface area contributed by atoms with Gasteiger partial charge in [0, 0.05) is 36.9 Å². The Morgan fingerprint density at radius 2 is 0.737 bits per heavy atom. The van der Waals surface area contributed by atoms with E-state index in [-0.39, 0.29) is 0 Å². The predicted molar refractivity (Wildman–Crippen MR) is 240 cm³/mol. The van der Waals surface area contributed by atoms with Crippen LogP contribution in [0.1, 0.15) is 0 Å². The summed E-state index contributed by atoms with van der Waals surface area (Å²) in [6.45, 7) is 0.